The Morgan fingerprint density at radius 3 is 2.50 bits per heavy atom. The van der Waals surface area contributed by atoms with Gasteiger partial charge < -0.3 is 14.7 Å². The molecule has 4 heteroatoms. The molecule has 2 saturated heterocycles. The van der Waals surface area contributed by atoms with Crippen molar-refractivity contribution in [3.8, 4) is 5.75 Å². The number of aryl methyl sites for hydroxylation is 1. The van der Waals surface area contributed by atoms with E-state index < -0.39 is 0 Å². The fourth-order valence-corrected chi connectivity index (χ4v) is 3.45. The van der Waals surface area contributed by atoms with E-state index in [4.69, 9.17) is 4.74 Å². The van der Waals surface area contributed by atoms with Gasteiger partial charge in [-0.3, -0.25) is 4.79 Å². The SMILES string of the molecule is O=C(CCc1ccc(O)cc1)N1CC(CC2CCOCC2)C1. The van der Waals surface area contributed by atoms with E-state index in [0.29, 0.717) is 12.3 Å². The van der Waals surface area contributed by atoms with Crippen LogP contribution in [0, 0.1) is 11.8 Å². The molecular weight excluding hydrogens is 278 g/mol. The van der Waals surface area contributed by atoms with Crippen molar-refractivity contribution in [3.63, 3.8) is 0 Å². The summed E-state index contributed by atoms with van der Waals surface area (Å²) in [6.45, 7) is 3.69. The standard InChI is InChI=1S/C18H25NO3/c20-17-4-1-14(2-5-17)3-6-18(21)19-12-16(13-19)11-15-7-9-22-10-8-15/h1-2,4-5,15-16,20H,3,6-13H2. The third kappa shape index (κ3) is 4.01. The van der Waals surface area contributed by atoms with Crippen LogP contribution in [0.25, 0.3) is 0 Å². The molecule has 1 aromatic carbocycles. The van der Waals surface area contributed by atoms with Crippen molar-refractivity contribution in [2.24, 2.45) is 11.8 Å². The molecule has 0 atom stereocenters. The molecule has 0 bridgehead atoms. The van der Waals surface area contributed by atoms with Gasteiger partial charge in [0.1, 0.15) is 5.75 Å². The highest BCUT2D eigenvalue weighted by Crippen LogP contribution is 2.29. The fraction of sp³-hybridized carbons (Fsp3) is 0.611. The number of nitrogens with zero attached hydrogens (tertiary/aromatic N) is 1. The summed E-state index contributed by atoms with van der Waals surface area (Å²) >= 11 is 0. The number of carbonyl (C=O) groups excluding carboxylic acids is 1. The maximum absolute atomic E-state index is 12.2. The first kappa shape index (κ1) is 15.3. The van der Waals surface area contributed by atoms with Crippen LogP contribution in [-0.2, 0) is 16.0 Å². The number of amides is 1. The van der Waals surface area contributed by atoms with Crippen LogP contribution in [0.1, 0.15) is 31.2 Å². The average molecular weight is 303 g/mol. The van der Waals surface area contributed by atoms with Crippen LogP contribution in [0.5, 0.6) is 5.75 Å². The second-order valence-corrected chi connectivity index (χ2v) is 6.62. The molecule has 1 aromatic rings. The number of benzene rings is 1. The van der Waals surface area contributed by atoms with Crippen LogP contribution in [-0.4, -0.2) is 42.2 Å². The van der Waals surface area contributed by atoms with Gasteiger partial charge in [0.05, 0.1) is 0 Å². The van der Waals surface area contributed by atoms with Crippen LogP contribution in [0.15, 0.2) is 24.3 Å². The highest BCUT2D eigenvalue weighted by molar-refractivity contribution is 5.77. The summed E-state index contributed by atoms with van der Waals surface area (Å²) < 4.78 is 5.39. The summed E-state index contributed by atoms with van der Waals surface area (Å²) in [6, 6.07) is 7.11. The second kappa shape index (κ2) is 7.14. The number of ether oxygens (including phenoxy) is 1. The zero-order chi connectivity index (χ0) is 15.4. The number of phenolic OH excluding ortho intramolecular Hbond substituents is 1. The molecule has 1 amide bonds. The minimum atomic E-state index is 0.260. The van der Waals surface area contributed by atoms with Crippen molar-refractivity contribution in [1.82, 2.24) is 4.90 Å². The van der Waals surface area contributed by atoms with Crippen LogP contribution in [0.4, 0.5) is 0 Å². The van der Waals surface area contributed by atoms with Gasteiger partial charge in [-0.25, -0.2) is 0 Å². The first-order valence-corrected chi connectivity index (χ1v) is 8.34. The Hall–Kier alpha value is -1.55. The van der Waals surface area contributed by atoms with Crippen molar-refractivity contribution >= 4 is 5.91 Å². The van der Waals surface area contributed by atoms with Crippen LogP contribution < -0.4 is 0 Å². The molecule has 2 aliphatic rings. The predicted octanol–water partition coefficient (Wildman–Crippen LogP) is 2.60. The van der Waals surface area contributed by atoms with Crippen molar-refractivity contribution in [2.75, 3.05) is 26.3 Å². The summed E-state index contributed by atoms with van der Waals surface area (Å²) in [5, 5.41) is 9.25. The highest BCUT2D eigenvalue weighted by Gasteiger charge is 2.32. The summed E-state index contributed by atoms with van der Waals surface area (Å²) in [6.07, 6.45) is 4.94. The third-order valence-corrected chi connectivity index (χ3v) is 4.88. The van der Waals surface area contributed by atoms with Crippen molar-refractivity contribution in [1.29, 1.82) is 0 Å². The number of likely N-dealkylation sites (tertiary alicyclic amines) is 1. The van der Waals surface area contributed by atoms with Gasteiger partial charge in [0, 0.05) is 32.7 Å². The Kier molecular flexibility index (Phi) is 4.98. The smallest absolute Gasteiger partial charge is 0.222 e. The van der Waals surface area contributed by atoms with Gasteiger partial charge in [-0.1, -0.05) is 12.1 Å². The third-order valence-electron chi connectivity index (χ3n) is 4.88. The van der Waals surface area contributed by atoms with E-state index >= 15 is 0 Å². The normalized spacial score (nSPS) is 19.9. The molecule has 4 nitrogen and oxygen atoms in total. The largest absolute Gasteiger partial charge is 0.508 e. The van der Waals surface area contributed by atoms with Crippen LogP contribution in [0.3, 0.4) is 0 Å². The van der Waals surface area contributed by atoms with Gasteiger partial charge in [-0.05, 0) is 55.2 Å². The molecular formula is C18H25NO3. The second-order valence-electron chi connectivity index (χ2n) is 6.62. The van der Waals surface area contributed by atoms with Gasteiger partial charge in [0.2, 0.25) is 5.91 Å². The van der Waals surface area contributed by atoms with Crippen molar-refractivity contribution < 1.29 is 14.6 Å². The Morgan fingerprint density at radius 1 is 1.14 bits per heavy atom. The first-order valence-electron chi connectivity index (χ1n) is 8.34. The van der Waals surface area contributed by atoms with E-state index in [-0.39, 0.29) is 11.7 Å². The van der Waals surface area contributed by atoms with E-state index in [9.17, 15) is 9.90 Å². The van der Waals surface area contributed by atoms with Gasteiger partial charge in [-0.15, -0.1) is 0 Å². The molecule has 0 saturated carbocycles. The Balaban J connectivity index is 1.35. The van der Waals surface area contributed by atoms with Gasteiger partial charge in [0.25, 0.3) is 0 Å². The highest BCUT2D eigenvalue weighted by atomic mass is 16.5. The minimum Gasteiger partial charge on any atom is -0.508 e. The predicted molar refractivity (Wildman–Crippen MR) is 84.7 cm³/mol. The lowest BCUT2D eigenvalue weighted by Gasteiger charge is -2.41. The lowest BCUT2D eigenvalue weighted by molar-refractivity contribution is -0.138. The molecule has 1 N–H and O–H groups in total. The maximum Gasteiger partial charge on any atom is 0.222 e. The fourth-order valence-electron chi connectivity index (χ4n) is 3.45. The lowest BCUT2D eigenvalue weighted by atomic mass is 9.84. The monoisotopic (exact) mass is 303 g/mol. The lowest BCUT2D eigenvalue weighted by Crippen LogP contribution is -2.50. The number of hydrogen-bond donors (Lipinski definition) is 1. The summed E-state index contributed by atoms with van der Waals surface area (Å²) in [5.41, 5.74) is 1.10. The van der Waals surface area contributed by atoms with Crippen LogP contribution >= 0.6 is 0 Å². The molecule has 0 unspecified atom stereocenters. The van der Waals surface area contributed by atoms with Crippen molar-refractivity contribution in [2.45, 2.75) is 32.1 Å². The Bertz CT molecular complexity index is 488. The number of rotatable bonds is 5. The molecule has 120 valence electrons. The number of aromatic hydroxyl groups is 1. The summed E-state index contributed by atoms with van der Waals surface area (Å²) in [7, 11) is 0. The summed E-state index contributed by atoms with van der Waals surface area (Å²) in [5.74, 6) is 2.03. The minimum absolute atomic E-state index is 0.260. The maximum atomic E-state index is 12.2. The molecule has 3 rings (SSSR count). The van der Waals surface area contributed by atoms with Gasteiger partial charge in [-0.2, -0.15) is 0 Å². The quantitative estimate of drug-likeness (QED) is 0.909. The van der Waals surface area contributed by atoms with E-state index in [1.165, 1.54) is 19.3 Å². The molecule has 2 heterocycles. The Labute approximate surface area is 132 Å². The topological polar surface area (TPSA) is 49.8 Å². The molecule has 2 fully saturated rings. The van der Waals surface area contributed by atoms with E-state index in [2.05, 4.69) is 0 Å². The molecule has 2 aliphatic heterocycles. The molecule has 0 aliphatic carbocycles. The zero-order valence-electron chi connectivity index (χ0n) is 13.0. The van der Waals surface area contributed by atoms with E-state index in [1.54, 1.807) is 12.1 Å². The number of carbonyl (C=O) groups is 1. The molecule has 22 heavy (non-hydrogen) atoms. The number of phenols is 1. The van der Waals surface area contributed by atoms with E-state index in [0.717, 1.165) is 44.2 Å². The van der Waals surface area contributed by atoms with Crippen LogP contribution in [0.2, 0.25) is 0 Å². The molecule has 0 radical (unpaired) electrons. The average Bonchev–Trinajstić information content (AvgIpc) is 2.50. The van der Waals surface area contributed by atoms with Gasteiger partial charge >= 0.3 is 0 Å². The van der Waals surface area contributed by atoms with Gasteiger partial charge in [0.15, 0.2) is 0 Å². The Morgan fingerprint density at radius 2 is 1.82 bits per heavy atom. The first-order chi connectivity index (χ1) is 10.7. The van der Waals surface area contributed by atoms with E-state index in [1.807, 2.05) is 17.0 Å². The molecule has 0 aromatic heterocycles. The summed E-state index contributed by atoms with van der Waals surface area (Å²) in [4.78, 5) is 14.2. The molecule has 0 spiro atoms. The number of hydrogen-bond acceptors (Lipinski definition) is 3. The zero-order valence-corrected chi connectivity index (χ0v) is 13.0. The van der Waals surface area contributed by atoms with Crippen molar-refractivity contribution in [3.05, 3.63) is 29.8 Å².